The first-order chi connectivity index (χ1) is 15.8. The Morgan fingerprint density at radius 2 is 1.76 bits per heavy atom. The number of sulfonamides is 1. The van der Waals surface area contributed by atoms with Crippen molar-refractivity contribution >= 4 is 33.2 Å². The molecule has 0 saturated carbocycles. The second kappa shape index (κ2) is 11.1. The van der Waals surface area contributed by atoms with Crippen molar-refractivity contribution in [3.63, 3.8) is 0 Å². The van der Waals surface area contributed by atoms with Gasteiger partial charge in [-0.05, 0) is 48.9 Å². The summed E-state index contributed by atoms with van der Waals surface area (Å²) in [6.45, 7) is 1.89. The maximum atomic E-state index is 13.3. The molecule has 1 amide bonds. The van der Waals surface area contributed by atoms with Crippen LogP contribution in [0.25, 0.3) is 0 Å². The van der Waals surface area contributed by atoms with E-state index in [1.165, 1.54) is 19.2 Å². The Bertz CT molecular complexity index is 1200. The van der Waals surface area contributed by atoms with Gasteiger partial charge in [0.15, 0.2) is 0 Å². The second-order valence-corrected chi connectivity index (χ2v) is 9.41. The molecule has 9 heteroatoms. The van der Waals surface area contributed by atoms with Gasteiger partial charge in [0.25, 0.3) is 10.0 Å². The van der Waals surface area contributed by atoms with Crippen LogP contribution in [0.4, 0.5) is 5.69 Å². The van der Waals surface area contributed by atoms with E-state index in [1.54, 1.807) is 54.6 Å². The normalized spacial score (nSPS) is 11.0. The summed E-state index contributed by atoms with van der Waals surface area (Å²) < 4.78 is 38.5. The Morgan fingerprint density at radius 1 is 1.00 bits per heavy atom. The van der Waals surface area contributed by atoms with Crippen molar-refractivity contribution in [3.05, 3.63) is 83.4 Å². The number of hydrogen-bond donors (Lipinski definition) is 1. The number of nitrogens with one attached hydrogen (secondary N) is 1. The smallest absolute Gasteiger partial charge is 0.264 e. The van der Waals surface area contributed by atoms with Gasteiger partial charge in [0.2, 0.25) is 5.91 Å². The lowest BCUT2D eigenvalue weighted by Gasteiger charge is -2.24. The van der Waals surface area contributed by atoms with E-state index in [2.05, 4.69) is 5.32 Å². The Labute approximate surface area is 198 Å². The zero-order chi connectivity index (χ0) is 23.8. The number of hydrogen-bond acceptors (Lipinski definition) is 5. The van der Waals surface area contributed by atoms with E-state index < -0.39 is 22.5 Å². The lowest BCUT2D eigenvalue weighted by atomic mass is 10.2. The number of methoxy groups -OCH3 is 1. The summed E-state index contributed by atoms with van der Waals surface area (Å²) in [5.74, 6) is 0.596. The zero-order valence-electron chi connectivity index (χ0n) is 18.3. The molecule has 0 fully saturated rings. The Morgan fingerprint density at radius 3 is 2.45 bits per heavy atom. The first kappa shape index (κ1) is 24.4. The minimum absolute atomic E-state index is 0.0835. The number of halogens is 1. The third-order valence-corrected chi connectivity index (χ3v) is 6.99. The number of nitrogens with zero attached hydrogens (tertiary/aromatic N) is 1. The minimum Gasteiger partial charge on any atom is -0.497 e. The van der Waals surface area contributed by atoms with Crippen molar-refractivity contribution in [1.29, 1.82) is 0 Å². The monoisotopic (exact) mass is 488 g/mol. The van der Waals surface area contributed by atoms with Crippen molar-refractivity contribution in [2.45, 2.75) is 11.8 Å². The maximum absolute atomic E-state index is 13.3. The molecular weight excluding hydrogens is 464 g/mol. The third-order valence-electron chi connectivity index (χ3n) is 4.80. The molecule has 0 unspecified atom stereocenters. The number of amides is 1. The van der Waals surface area contributed by atoms with Crippen LogP contribution in [0, 0.1) is 6.92 Å². The van der Waals surface area contributed by atoms with Crippen LogP contribution in [0.15, 0.2) is 77.7 Å². The molecule has 174 valence electrons. The maximum Gasteiger partial charge on any atom is 0.264 e. The highest BCUT2D eigenvalue weighted by Crippen LogP contribution is 2.27. The molecule has 33 heavy (non-hydrogen) atoms. The number of carbonyl (C=O) groups is 1. The first-order valence-electron chi connectivity index (χ1n) is 10.2. The first-order valence-corrected chi connectivity index (χ1v) is 12.0. The predicted molar refractivity (Wildman–Crippen MR) is 129 cm³/mol. The third kappa shape index (κ3) is 6.40. The molecule has 7 nitrogen and oxygen atoms in total. The largest absolute Gasteiger partial charge is 0.497 e. The molecule has 3 aromatic carbocycles. The van der Waals surface area contributed by atoms with E-state index >= 15 is 0 Å². The summed E-state index contributed by atoms with van der Waals surface area (Å²) in [6.07, 6.45) is 0. The Balaban J connectivity index is 1.70. The molecule has 0 aromatic heterocycles. The molecule has 0 saturated heterocycles. The summed E-state index contributed by atoms with van der Waals surface area (Å²) in [6, 6.07) is 19.8. The van der Waals surface area contributed by atoms with Gasteiger partial charge in [-0.15, -0.1) is 0 Å². The number of rotatable bonds is 10. The molecule has 0 aliphatic heterocycles. The van der Waals surface area contributed by atoms with Crippen LogP contribution < -0.4 is 19.1 Å². The molecule has 1 N–H and O–H groups in total. The van der Waals surface area contributed by atoms with Crippen molar-refractivity contribution in [1.82, 2.24) is 5.32 Å². The van der Waals surface area contributed by atoms with E-state index in [-0.39, 0.29) is 18.0 Å². The lowest BCUT2D eigenvalue weighted by molar-refractivity contribution is -0.119. The van der Waals surface area contributed by atoms with E-state index in [4.69, 9.17) is 21.1 Å². The fourth-order valence-electron chi connectivity index (χ4n) is 3.01. The summed E-state index contributed by atoms with van der Waals surface area (Å²) in [7, 11) is -2.50. The highest BCUT2D eigenvalue weighted by atomic mass is 35.5. The zero-order valence-corrected chi connectivity index (χ0v) is 19.9. The topological polar surface area (TPSA) is 84.9 Å². The number of benzene rings is 3. The van der Waals surface area contributed by atoms with Crippen molar-refractivity contribution in [3.8, 4) is 11.5 Å². The molecule has 0 heterocycles. The summed E-state index contributed by atoms with van der Waals surface area (Å²) in [5, 5.41) is 3.29. The summed E-state index contributed by atoms with van der Waals surface area (Å²) >= 11 is 6.09. The lowest BCUT2D eigenvalue weighted by Crippen LogP contribution is -2.41. The minimum atomic E-state index is -3.99. The molecule has 0 spiro atoms. The quantitative estimate of drug-likeness (QED) is 0.435. The fraction of sp³-hybridized carbons (Fsp3) is 0.208. The van der Waals surface area contributed by atoms with Crippen LogP contribution in [0.1, 0.15) is 5.56 Å². The van der Waals surface area contributed by atoms with Gasteiger partial charge in [-0.25, -0.2) is 8.42 Å². The molecule has 3 rings (SSSR count). The average molecular weight is 489 g/mol. The van der Waals surface area contributed by atoms with Crippen LogP contribution in [-0.2, 0) is 14.8 Å². The van der Waals surface area contributed by atoms with E-state index in [9.17, 15) is 13.2 Å². The van der Waals surface area contributed by atoms with Gasteiger partial charge in [-0.2, -0.15) is 0 Å². The molecule has 0 bridgehead atoms. The van der Waals surface area contributed by atoms with E-state index in [0.29, 0.717) is 22.2 Å². The highest BCUT2D eigenvalue weighted by Gasteiger charge is 2.27. The summed E-state index contributed by atoms with van der Waals surface area (Å²) in [4.78, 5) is 12.7. The molecule has 0 aliphatic carbocycles. The number of carbonyl (C=O) groups excluding carboxylic acids is 1. The Hall–Kier alpha value is -3.23. The number of ether oxygens (including phenoxy) is 2. The molecule has 0 aliphatic rings. The fourth-order valence-corrected chi connectivity index (χ4v) is 4.61. The van der Waals surface area contributed by atoms with Crippen molar-refractivity contribution < 1.29 is 22.7 Å². The molecule has 0 radical (unpaired) electrons. The van der Waals surface area contributed by atoms with Crippen LogP contribution in [0.5, 0.6) is 11.5 Å². The highest BCUT2D eigenvalue weighted by molar-refractivity contribution is 7.92. The molecular formula is C24H25ClN2O5S. The van der Waals surface area contributed by atoms with Crippen LogP contribution >= 0.6 is 11.6 Å². The average Bonchev–Trinajstić information content (AvgIpc) is 2.83. The standard InChI is InChI=1S/C24H25ClN2O5S/c1-18-11-12-21(16-23(18)25)32-14-13-26-24(28)17-27(19-7-6-8-20(15-19)31-2)33(29,30)22-9-4-3-5-10-22/h3-12,15-16H,13-14,17H2,1-2H3,(H,26,28). The number of aryl methyl sites for hydroxylation is 1. The SMILES string of the molecule is COc1cccc(N(CC(=O)NCCOc2ccc(C)c(Cl)c2)S(=O)(=O)c2ccccc2)c1. The van der Waals surface area contributed by atoms with E-state index in [1.807, 2.05) is 13.0 Å². The van der Waals surface area contributed by atoms with Gasteiger partial charge in [0, 0.05) is 11.1 Å². The van der Waals surface area contributed by atoms with Crippen LogP contribution in [-0.4, -0.2) is 41.1 Å². The number of anilines is 1. The van der Waals surface area contributed by atoms with Crippen molar-refractivity contribution in [2.24, 2.45) is 0 Å². The van der Waals surface area contributed by atoms with Gasteiger partial charge in [0.1, 0.15) is 24.7 Å². The molecule has 0 atom stereocenters. The molecule has 3 aromatic rings. The van der Waals surface area contributed by atoms with Gasteiger partial charge < -0.3 is 14.8 Å². The van der Waals surface area contributed by atoms with Crippen LogP contribution in [0.3, 0.4) is 0 Å². The van der Waals surface area contributed by atoms with Gasteiger partial charge in [0.05, 0.1) is 24.2 Å². The van der Waals surface area contributed by atoms with E-state index in [0.717, 1.165) is 9.87 Å². The van der Waals surface area contributed by atoms with Crippen LogP contribution in [0.2, 0.25) is 5.02 Å². The Kier molecular flexibility index (Phi) is 8.19. The van der Waals surface area contributed by atoms with Gasteiger partial charge in [-0.3, -0.25) is 9.10 Å². The summed E-state index contributed by atoms with van der Waals surface area (Å²) in [5.41, 5.74) is 1.26. The predicted octanol–water partition coefficient (Wildman–Crippen LogP) is 4.05. The van der Waals surface area contributed by atoms with Gasteiger partial charge >= 0.3 is 0 Å². The van der Waals surface area contributed by atoms with Gasteiger partial charge in [-0.1, -0.05) is 41.9 Å². The second-order valence-electron chi connectivity index (χ2n) is 7.14. The van der Waals surface area contributed by atoms with Crippen molar-refractivity contribution in [2.75, 3.05) is 31.1 Å².